The highest BCUT2D eigenvalue weighted by Crippen LogP contribution is 2.57. The number of carbonyl (C=O) groups is 3. The molecular weight excluding hydrogens is 730 g/mol. The van der Waals surface area contributed by atoms with Crippen LogP contribution < -0.4 is 29.7 Å². The average Bonchev–Trinajstić information content (AvgIpc) is 3.44. The van der Waals surface area contributed by atoms with Crippen molar-refractivity contribution < 1.29 is 47.1 Å². The van der Waals surface area contributed by atoms with E-state index in [1.54, 1.807) is 6.07 Å². The number of nitrogens with zero attached hydrogens (tertiary/aromatic N) is 2. The van der Waals surface area contributed by atoms with E-state index in [1.165, 1.54) is 24.3 Å². The van der Waals surface area contributed by atoms with Gasteiger partial charge in [0.1, 0.15) is 17.2 Å². The summed E-state index contributed by atoms with van der Waals surface area (Å²) < 4.78 is 43.4. The Morgan fingerprint density at radius 1 is 0.818 bits per heavy atom. The Morgan fingerprint density at radius 3 is 2.02 bits per heavy atom. The van der Waals surface area contributed by atoms with E-state index in [-0.39, 0.29) is 24.4 Å². The molecule has 4 aromatic rings. The van der Waals surface area contributed by atoms with Crippen molar-refractivity contribution in [3.05, 3.63) is 112 Å². The number of fused-ring (bicyclic) bond motifs is 6. The Balaban J connectivity index is 1.05. The number of esters is 1. The molecule has 0 bridgehead atoms. The van der Waals surface area contributed by atoms with E-state index < -0.39 is 37.2 Å². The van der Waals surface area contributed by atoms with E-state index in [0.29, 0.717) is 65.1 Å². The number of phosphoric ester groups is 1. The number of nitrogens with one attached hydrogen (secondary N) is 2. The smallest absolute Gasteiger partial charge is 0.456 e. The van der Waals surface area contributed by atoms with E-state index in [4.69, 9.17) is 19.3 Å². The highest BCUT2D eigenvalue weighted by atomic mass is 31.2. The van der Waals surface area contributed by atoms with E-state index in [2.05, 4.69) is 15.2 Å². The molecule has 290 valence electrons. The first-order chi connectivity index (χ1) is 26.2. The van der Waals surface area contributed by atoms with Crippen LogP contribution in [-0.2, 0) is 30.9 Å². The van der Waals surface area contributed by atoms with Gasteiger partial charge in [0.25, 0.3) is 5.91 Å². The molecule has 15 heteroatoms. The van der Waals surface area contributed by atoms with Crippen molar-refractivity contribution in [3.63, 3.8) is 0 Å². The van der Waals surface area contributed by atoms with Gasteiger partial charge in [-0.3, -0.25) is 19.4 Å². The second-order valence-electron chi connectivity index (χ2n) is 13.9. The Morgan fingerprint density at radius 2 is 1.42 bits per heavy atom. The SMILES string of the molecule is CN(C)c1ccc2c(c1)Oc1cc(N(C)C)ccc1C21OC(=O)c2c(CC(=O)NCCCCCCNC(=O)C(F)c3ccccc3OP(=O)(O)O)cccc21. The zero-order chi connectivity index (χ0) is 39.5. The molecule has 13 nitrogen and oxygen atoms in total. The maximum atomic E-state index is 14.8. The van der Waals surface area contributed by atoms with Crippen molar-refractivity contribution in [2.75, 3.05) is 51.1 Å². The summed E-state index contributed by atoms with van der Waals surface area (Å²) in [4.78, 5) is 61.4. The van der Waals surface area contributed by atoms with Gasteiger partial charge in [0.05, 0.1) is 12.0 Å². The van der Waals surface area contributed by atoms with Crippen molar-refractivity contribution in [3.8, 4) is 17.2 Å². The van der Waals surface area contributed by atoms with Gasteiger partial charge in [-0.05, 0) is 48.7 Å². The maximum absolute atomic E-state index is 14.8. The summed E-state index contributed by atoms with van der Waals surface area (Å²) in [5.41, 5.74) is 3.24. The van der Waals surface area contributed by atoms with Crippen LogP contribution in [0.4, 0.5) is 15.8 Å². The number of hydrogen-bond acceptors (Lipinski definition) is 9. The predicted octanol–water partition coefficient (Wildman–Crippen LogP) is 5.90. The van der Waals surface area contributed by atoms with Crippen LogP contribution in [0.3, 0.4) is 0 Å². The van der Waals surface area contributed by atoms with Crippen molar-refractivity contribution in [2.24, 2.45) is 0 Å². The van der Waals surface area contributed by atoms with Crippen LogP contribution in [0.25, 0.3) is 0 Å². The second kappa shape index (κ2) is 16.1. The van der Waals surface area contributed by atoms with Crippen molar-refractivity contribution in [2.45, 2.75) is 43.9 Å². The van der Waals surface area contributed by atoms with Gasteiger partial charge >= 0.3 is 13.8 Å². The Hall–Kier alpha value is -5.43. The molecule has 0 aromatic heterocycles. The fraction of sp³-hybridized carbons (Fsp3) is 0.325. The van der Waals surface area contributed by atoms with Gasteiger partial charge in [0.15, 0.2) is 5.60 Å². The number of carbonyl (C=O) groups excluding carboxylic acids is 3. The van der Waals surface area contributed by atoms with Crippen LogP contribution in [0, 0.1) is 0 Å². The maximum Gasteiger partial charge on any atom is 0.524 e. The lowest BCUT2D eigenvalue weighted by atomic mass is 9.76. The molecule has 4 aromatic carbocycles. The van der Waals surface area contributed by atoms with Gasteiger partial charge in [-0.25, -0.2) is 13.8 Å². The summed E-state index contributed by atoms with van der Waals surface area (Å²) in [5, 5.41) is 5.43. The highest BCUT2D eigenvalue weighted by molar-refractivity contribution is 7.46. The van der Waals surface area contributed by atoms with E-state index in [1.807, 2.05) is 86.5 Å². The lowest BCUT2D eigenvalue weighted by molar-refractivity contribution is -0.126. The van der Waals surface area contributed by atoms with Crippen LogP contribution >= 0.6 is 7.82 Å². The first-order valence-electron chi connectivity index (χ1n) is 17.9. The zero-order valence-corrected chi connectivity index (χ0v) is 31.9. The largest absolute Gasteiger partial charge is 0.524 e. The lowest BCUT2D eigenvalue weighted by Gasteiger charge is -2.37. The van der Waals surface area contributed by atoms with Crippen LogP contribution in [0.15, 0.2) is 78.9 Å². The van der Waals surface area contributed by atoms with Crippen LogP contribution in [0.2, 0.25) is 0 Å². The first-order valence-corrected chi connectivity index (χ1v) is 19.4. The number of para-hydroxylation sites is 1. The molecule has 2 aliphatic rings. The second-order valence-corrected chi connectivity index (χ2v) is 15.0. The van der Waals surface area contributed by atoms with E-state index in [0.717, 1.165) is 17.8 Å². The van der Waals surface area contributed by atoms with Gasteiger partial charge in [-0.1, -0.05) is 49.2 Å². The number of benzene rings is 4. The molecule has 0 saturated heterocycles. The summed E-state index contributed by atoms with van der Waals surface area (Å²) >= 11 is 0. The van der Waals surface area contributed by atoms with Gasteiger partial charge in [0, 0.05) is 87.0 Å². The summed E-state index contributed by atoms with van der Waals surface area (Å²) in [5.74, 6) is -0.970. The molecule has 0 radical (unpaired) electrons. The molecule has 1 atom stereocenters. The normalized spacial score (nSPS) is 14.1. The number of hydrogen-bond donors (Lipinski definition) is 4. The van der Waals surface area contributed by atoms with Gasteiger partial charge < -0.3 is 34.4 Å². The van der Waals surface area contributed by atoms with Crippen LogP contribution in [-0.4, -0.2) is 68.9 Å². The van der Waals surface area contributed by atoms with Crippen molar-refractivity contribution in [1.29, 1.82) is 0 Å². The zero-order valence-electron chi connectivity index (χ0n) is 31.0. The third-order valence-corrected chi connectivity index (χ3v) is 10.1. The number of rotatable bonds is 15. The molecule has 1 spiro atoms. The minimum atomic E-state index is -4.94. The number of phosphoric acid groups is 1. The summed E-state index contributed by atoms with van der Waals surface area (Å²) in [6, 6.07) is 22.3. The summed E-state index contributed by atoms with van der Waals surface area (Å²) in [6.07, 6.45) is 0.444. The quantitative estimate of drug-likeness (QED) is 0.0645. The Kier molecular flexibility index (Phi) is 11.5. The van der Waals surface area contributed by atoms with Crippen LogP contribution in [0.1, 0.15) is 70.0 Å². The van der Waals surface area contributed by atoms with E-state index in [9.17, 15) is 23.3 Å². The molecule has 0 fully saturated rings. The molecule has 2 heterocycles. The topological polar surface area (TPSA) is 167 Å². The molecule has 1 unspecified atom stereocenters. The van der Waals surface area contributed by atoms with Gasteiger partial charge in [-0.15, -0.1) is 0 Å². The summed E-state index contributed by atoms with van der Waals surface area (Å²) in [7, 11) is 2.82. The lowest BCUT2D eigenvalue weighted by Crippen LogP contribution is -2.33. The standard InChI is InChI=1S/C40H44FN4O9P/c1-44(2)26-16-18-29-33(23-26)52-34-24-27(45(3)4)17-19-30(34)40(29)31-14-11-12-25(36(31)39(48)53-40)22-35(46)42-20-9-5-6-10-21-43-38(47)37(41)28-13-7-8-15-32(28)54-55(49,50)51/h7-8,11-19,23-24,37H,5-6,9-10,20-22H2,1-4H3,(H,42,46)(H,43,47)(H2,49,50,51). The van der Waals surface area contributed by atoms with Gasteiger partial charge in [-0.2, -0.15) is 0 Å². The number of amides is 2. The van der Waals surface area contributed by atoms with Crippen LogP contribution in [0.5, 0.6) is 17.2 Å². The molecule has 55 heavy (non-hydrogen) atoms. The number of halogens is 1. The third-order valence-electron chi connectivity index (χ3n) is 9.64. The predicted molar refractivity (Wildman–Crippen MR) is 205 cm³/mol. The average molecular weight is 775 g/mol. The number of anilines is 2. The minimum Gasteiger partial charge on any atom is -0.456 e. The first kappa shape index (κ1) is 39.3. The third kappa shape index (κ3) is 8.31. The number of ether oxygens (including phenoxy) is 2. The van der Waals surface area contributed by atoms with E-state index >= 15 is 0 Å². The number of unbranched alkanes of at least 4 members (excludes halogenated alkanes) is 3. The van der Waals surface area contributed by atoms with Crippen molar-refractivity contribution in [1.82, 2.24) is 10.6 Å². The molecular formula is C40H44FN4O9P. The summed E-state index contributed by atoms with van der Waals surface area (Å²) in [6.45, 7) is 0.594. The fourth-order valence-corrected chi connectivity index (χ4v) is 7.35. The van der Waals surface area contributed by atoms with Crippen molar-refractivity contribution >= 4 is 37.0 Å². The molecule has 4 N–H and O–H groups in total. The minimum absolute atomic E-state index is 0.0253. The fourth-order valence-electron chi connectivity index (χ4n) is 6.93. The Labute approximate surface area is 318 Å². The molecule has 6 rings (SSSR count). The monoisotopic (exact) mass is 774 g/mol. The molecule has 0 aliphatic carbocycles. The highest BCUT2D eigenvalue weighted by Gasteiger charge is 2.54. The number of alkyl halides is 1. The Bertz CT molecular complexity index is 2100. The van der Waals surface area contributed by atoms with Gasteiger partial charge in [0.2, 0.25) is 12.1 Å². The molecule has 0 saturated carbocycles. The molecule has 2 amide bonds. The molecule has 2 aliphatic heterocycles.